The Bertz CT molecular complexity index is 998. The summed E-state index contributed by atoms with van der Waals surface area (Å²) in [5, 5.41) is 13.5. The molecule has 2 N–H and O–H groups in total. The van der Waals surface area contributed by atoms with E-state index in [0.717, 1.165) is 5.56 Å². The van der Waals surface area contributed by atoms with E-state index >= 15 is 0 Å². The molecule has 3 aromatic rings. The fraction of sp³-hybridized carbons (Fsp3) is 0.250. The average molecular weight is 360 g/mol. The van der Waals surface area contributed by atoms with Gasteiger partial charge in [0.05, 0.1) is 23.4 Å². The van der Waals surface area contributed by atoms with Gasteiger partial charge in [0.25, 0.3) is 0 Å². The largest absolute Gasteiger partial charge is 0.330 e. The number of hydrogen-bond donors (Lipinski definition) is 1. The predicted octanol–water partition coefficient (Wildman–Crippen LogP) is 2.52. The van der Waals surface area contributed by atoms with Gasteiger partial charge in [-0.25, -0.2) is 9.97 Å². The molecule has 0 atom stereocenters. The van der Waals surface area contributed by atoms with Crippen molar-refractivity contribution in [3.63, 3.8) is 0 Å². The molecule has 2 heterocycles. The maximum Gasteiger partial charge on any atom is 0.196 e. The lowest BCUT2D eigenvalue weighted by atomic mass is 9.97. The van der Waals surface area contributed by atoms with Crippen LogP contribution in [0.4, 0.5) is 0 Å². The van der Waals surface area contributed by atoms with E-state index in [4.69, 9.17) is 5.73 Å². The van der Waals surface area contributed by atoms with Crippen molar-refractivity contribution in [2.24, 2.45) is 5.73 Å². The van der Waals surface area contributed by atoms with Crippen molar-refractivity contribution in [2.45, 2.75) is 26.3 Å². The van der Waals surface area contributed by atoms with Gasteiger partial charge in [-0.15, -0.1) is 0 Å². The van der Waals surface area contributed by atoms with E-state index < -0.39 is 0 Å². The minimum atomic E-state index is -0.219. The normalized spacial score (nSPS) is 10.8. The molecule has 136 valence electrons. The quantitative estimate of drug-likeness (QED) is 0.676. The van der Waals surface area contributed by atoms with E-state index in [0.29, 0.717) is 41.0 Å². The summed E-state index contributed by atoms with van der Waals surface area (Å²) < 4.78 is 1.72. The maximum absolute atomic E-state index is 13.1. The number of nitrogens with zero attached hydrogens (tertiary/aromatic N) is 5. The first kappa shape index (κ1) is 18.4. The van der Waals surface area contributed by atoms with E-state index in [1.54, 1.807) is 41.5 Å². The number of carbonyl (C=O) groups excluding carboxylic acids is 1. The van der Waals surface area contributed by atoms with Crippen LogP contribution in [0.15, 0.2) is 43.0 Å². The lowest BCUT2D eigenvalue weighted by molar-refractivity contribution is 0.103. The summed E-state index contributed by atoms with van der Waals surface area (Å²) >= 11 is 0. The van der Waals surface area contributed by atoms with Crippen LogP contribution in [0, 0.1) is 11.3 Å². The highest BCUT2D eigenvalue weighted by molar-refractivity contribution is 6.12. The summed E-state index contributed by atoms with van der Waals surface area (Å²) in [6.07, 6.45) is 7.35. The Balaban J connectivity index is 2.05. The molecule has 0 aliphatic rings. The van der Waals surface area contributed by atoms with Crippen LogP contribution in [-0.2, 0) is 6.42 Å². The first-order chi connectivity index (χ1) is 13.0. The van der Waals surface area contributed by atoms with Crippen LogP contribution >= 0.6 is 0 Å². The molecule has 0 radical (unpaired) electrons. The fourth-order valence-corrected chi connectivity index (χ4v) is 2.68. The lowest BCUT2D eigenvalue weighted by Crippen LogP contribution is -2.07. The standard InChI is InChI=1S/C20H20N6O/c1-13(2)26-12-16(11-25-26)19(27)18-7-14(8-22)3-4-17(18)20-23-9-15(5-6-21)10-24-20/h3-4,7,9-13H,5-6,21H2,1-2H3. The van der Waals surface area contributed by atoms with Gasteiger partial charge in [0.15, 0.2) is 11.6 Å². The van der Waals surface area contributed by atoms with Crippen molar-refractivity contribution < 1.29 is 4.79 Å². The van der Waals surface area contributed by atoms with Crippen molar-refractivity contribution in [3.05, 3.63) is 65.2 Å². The van der Waals surface area contributed by atoms with Gasteiger partial charge in [-0.05, 0) is 50.6 Å². The predicted molar refractivity (Wildman–Crippen MR) is 101 cm³/mol. The Hall–Kier alpha value is -3.37. The van der Waals surface area contributed by atoms with Crippen LogP contribution in [-0.4, -0.2) is 32.1 Å². The van der Waals surface area contributed by atoms with Crippen LogP contribution in [0.5, 0.6) is 0 Å². The van der Waals surface area contributed by atoms with Gasteiger partial charge >= 0.3 is 0 Å². The third-order valence-corrected chi connectivity index (χ3v) is 4.17. The molecule has 1 aromatic carbocycles. The van der Waals surface area contributed by atoms with Crippen molar-refractivity contribution in [1.29, 1.82) is 5.26 Å². The SMILES string of the molecule is CC(C)n1cc(C(=O)c2cc(C#N)ccc2-c2ncc(CCN)cn2)cn1. The van der Waals surface area contributed by atoms with Crippen LogP contribution in [0.25, 0.3) is 11.4 Å². The number of nitriles is 1. The van der Waals surface area contributed by atoms with E-state index in [1.807, 2.05) is 13.8 Å². The van der Waals surface area contributed by atoms with Gasteiger partial charge in [0.1, 0.15) is 0 Å². The van der Waals surface area contributed by atoms with Crippen LogP contribution in [0.2, 0.25) is 0 Å². The number of hydrogen-bond acceptors (Lipinski definition) is 6. The van der Waals surface area contributed by atoms with Crippen LogP contribution in [0.3, 0.4) is 0 Å². The Morgan fingerprint density at radius 3 is 2.59 bits per heavy atom. The highest BCUT2D eigenvalue weighted by atomic mass is 16.1. The average Bonchev–Trinajstić information content (AvgIpc) is 3.18. The molecule has 0 saturated carbocycles. The minimum absolute atomic E-state index is 0.148. The zero-order chi connectivity index (χ0) is 19.4. The van der Waals surface area contributed by atoms with Gasteiger partial charge in [0, 0.05) is 35.8 Å². The second-order valence-electron chi connectivity index (χ2n) is 6.46. The molecule has 0 amide bonds. The zero-order valence-electron chi connectivity index (χ0n) is 15.3. The molecule has 2 aromatic heterocycles. The number of ketones is 1. The monoisotopic (exact) mass is 360 g/mol. The van der Waals surface area contributed by atoms with Gasteiger partial charge in [0.2, 0.25) is 0 Å². The third kappa shape index (κ3) is 3.91. The van der Waals surface area contributed by atoms with Gasteiger partial charge in [-0.2, -0.15) is 10.4 Å². The van der Waals surface area contributed by atoms with Crippen LogP contribution in [0.1, 0.15) is 46.9 Å². The van der Waals surface area contributed by atoms with Crippen molar-refractivity contribution in [3.8, 4) is 17.5 Å². The smallest absolute Gasteiger partial charge is 0.196 e. The van der Waals surface area contributed by atoms with E-state index in [9.17, 15) is 10.1 Å². The maximum atomic E-state index is 13.1. The van der Waals surface area contributed by atoms with Gasteiger partial charge in [-0.3, -0.25) is 9.48 Å². The fourth-order valence-electron chi connectivity index (χ4n) is 2.68. The summed E-state index contributed by atoms with van der Waals surface area (Å²) in [6, 6.07) is 7.15. The molecule has 7 nitrogen and oxygen atoms in total. The number of nitrogens with two attached hydrogens (primary N) is 1. The van der Waals surface area contributed by atoms with E-state index in [-0.39, 0.29) is 11.8 Å². The lowest BCUT2D eigenvalue weighted by Gasteiger charge is -2.08. The zero-order valence-corrected chi connectivity index (χ0v) is 15.3. The first-order valence-electron chi connectivity index (χ1n) is 8.68. The van der Waals surface area contributed by atoms with Crippen molar-refractivity contribution in [2.75, 3.05) is 6.54 Å². The third-order valence-electron chi connectivity index (χ3n) is 4.17. The Morgan fingerprint density at radius 1 is 1.26 bits per heavy atom. The first-order valence-corrected chi connectivity index (χ1v) is 8.68. The molecule has 0 bridgehead atoms. The molecule has 3 rings (SSSR count). The summed E-state index contributed by atoms with van der Waals surface area (Å²) in [6.45, 7) is 4.49. The number of rotatable bonds is 6. The summed E-state index contributed by atoms with van der Waals surface area (Å²) in [5.74, 6) is 0.212. The number of carbonyl (C=O) groups is 1. The molecule has 0 spiro atoms. The molecule has 0 aliphatic heterocycles. The van der Waals surface area contributed by atoms with Crippen LogP contribution < -0.4 is 5.73 Å². The topological polar surface area (TPSA) is 110 Å². The highest BCUT2D eigenvalue weighted by Crippen LogP contribution is 2.24. The summed E-state index contributed by atoms with van der Waals surface area (Å²) in [4.78, 5) is 21.8. The Labute approximate surface area is 157 Å². The molecular weight excluding hydrogens is 340 g/mol. The van der Waals surface area contributed by atoms with Crippen molar-refractivity contribution >= 4 is 5.78 Å². The van der Waals surface area contributed by atoms with Crippen molar-refractivity contribution in [1.82, 2.24) is 19.7 Å². The second kappa shape index (κ2) is 7.89. The van der Waals surface area contributed by atoms with E-state index in [2.05, 4.69) is 21.1 Å². The van der Waals surface area contributed by atoms with E-state index in [1.165, 1.54) is 6.20 Å². The number of aromatic nitrogens is 4. The molecule has 0 unspecified atom stereocenters. The highest BCUT2D eigenvalue weighted by Gasteiger charge is 2.19. The molecule has 0 aliphatic carbocycles. The van der Waals surface area contributed by atoms with Gasteiger partial charge < -0.3 is 5.73 Å². The molecule has 0 saturated heterocycles. The molecule has 7 heteroatoms. The minimum Gasteiger partial charge on any atom is -0.330 e. The number of benzene rings is 1. The molecule has 0 fully saturated rings. The second-order valence-corrected chi connectivity index (χ2v) is 6.46. The van der Waals surface area contributed by atoms with Gasteiger partial charge in [-0.1, -0.05) is 0 Å². The summed E-state index contributed by atoms with van der Waals surface area (Å²) in [7, 11) is 0. The summed E-state index contributed by atoms with van der Waals surface area (Å²) in [5.41, 5.74) is 8.30. The Kier molecular flexibility index (Phi) is 5.38. The molecular formula is C20H20N6O. The Morgan fingerprint density at radius 2 is 2.00 bits per heavy atom. The molecule has 27 heavy (non-hydrogen) atoms.